The summed E-state index contributed by atoms with van der Waals surface area (Å²) in [5.74, 6) is 0. The van der Waals surface area contributed by atoms with Gasteiger partial charge >= 0.3 is 5.69 Å². The number of H-pyrrole nitrogens is 2. The molecule has 0 spiro atoms. The second-order valence-corrected chi connectivity index (χ2v) is 5.79. The molecule has 4 aromatic rings. The summed E-state index contributed by atoms with van der Waals surface area (Å²) in [7, 11) is 0. The summed E-state index contributed by atoms with van der Waals surface area (Å²) in [6.07, 6.45) is 0.791. The van der Waals surface area contributed by atoms with Crippen molar-refractivity contribution >= 4 is 22.4 Å². The lowest BCUT2D eigenvalue weighted by Crippen LogP contribution is -1.99. The van der Waals surface area contributed by atoms with Gasteiger partial charge in [-0.15, -0.1) is 0 Å². The topological polar surface area (TPSA) is 60.7 Å². The largest absolute Gasteiger partial charge is 0.355 e. The third-order valence-electron chi connectivity index (χ3n) is 4.03. The Kier molecular flexibility index (Phi) is 3.63. The molecule has 0 aliphatic heterocycles. The summed E-state index contributed by atoms with van der Waals surface area (Å²) < 4.78 is 0. The molecule has 1 heterocycles. The quantitative estimate of drug-likeness (QED) is 0.529. The van der Waals surface area contributed by atoms with Gasteiger partial charge in [0, 0.05) is 11.4 Å². The van der Waals surface area contributed by atoms with Gasteiger partial charge in [-0.25, -0.2) is 4.79 Å². The minimum absolute atomic E-state index is 0.187. The maximum atomic E-state index is 11.6. The SMILES string of the molecule is O=c1[nH]c2cc(Cc3ccccc3)c(Nc3ccccc3)cc2[nH]1. The van der Waals surface area contributed by atoms with Gasteiger partial charge in [-0.2, -0.15) is 0 Å². The fraction of sp³-hybridized carbons (Fsp3) is 0.0500. The van der Waals surface area contributed by atoms with Gasteiger partial charge in [0.2, 0.25) is 0 Å². The van der Waals surface area contributed by atoms with E-state index in [1.54, 1.807) is 0 Å². The molecule has 0 fully saturated rings. The van der Waals surface area contributed by atoms with Crippen molar-refractivity contribution in [3.63, 3.8) is 0 Å². The first-order valence-electron chi connectivity index (χ1n) is 7.89. The van der Waals surface area contributed by atoms with Crippen LogP contribution < -0.4 is 11.0 Å². The zero-order valence-corrected chi connectivity index (χ0v) is 13.0. The molecule has 24 heavy (non-hydrogen) atoms. The molecule has 1 aromatic heterocycles. The lowest BCUT2D eigenvalue weighted by atomic mass is 10.0. The van der Waals surface area contributed by atoms with Crippen LogP contribution in [0.15, 0.2) is 77.6 Å². The molecule has 0 saturated heterocycles. The van der Waals surface area contributed by atoms with Crippen molar-refractivity contribution in [3.8, 4) is 0 Å². The molecule has 4 nitrogen and oxygen atoms in total. The Labute approximate surface area is 139 Å². The summed E-state index contributed by atoms with van der Waals surface area (Å²) in [5, 5.41) is 3.46. The van der Waals surface area contributed by atoms with Gasteiger partial charge in [0.1, 0.15) is 0 Å². The maximum absolute atomic E-state index is 11.6. The van der Waals surface area contributed by atoms with E-state index in [2.05, 4.69) is 27.4 Å². The van der Waals surface area contributed by atoms with Gasteiger partial charge in [0.15, 0.2) is 0 Å². The Morgan fingerprint density at radius 2 is 1.42 bits per heavy atom. The van der Waals surface area contributed by atoms with E-state index in [0.29, 0.717) is 0 Å². The van der Waals surface area contributed by atoms with E-state index < -0.39 is 0 Å². The molecule has 0 aliphatic carbocycles. The van der Waals surface area contributed by atoms with Crippen molar-refractivity contribution in [2.45, 2.75) is 6.42 Å². The number of rotatable bonds is 4. The standard InChI is InChI=1S/C20H17N3O/c24-20-22-18-12-15(11-14-7-3-1-4-8-14)17(13-19(18)23-20)21-16-9-5-2-6-10-16/h1-10,12-13,21H,11H2,(H2,22,23,24). The number of fused-ring (bicyclic) bond motifs is 1. The Bertz CT molecular complexity index is 936. The molecule has 3 N–H and O–H groups in total. The van der Waals surface area contributed by atoms with Crippen LogP contribution in [-0.4, -0.2) is 9.97 Å². The molecular weight excluding hydrogens is 298 g/mol. The number of aromatic amines is 2. The first-order valence-corrected chi connectivity index (χ1v) is 7.89. The molecule has 0 amide bonds. The Balaban J connectivity index is 1.79. The van der Waals surface area contributed by atoms with E-state index in [-0.39, 0.29) is 5.69 Å². The second-order valence-electron chi connectivity index (χ2n) is 5.79. The van der Waals surface area contributed by atoms with E-state index in [1.165, 1.54) is 5.56 Å². The van der Waals surface area contributed by atoms with E-state index >= 15 is 0 Å². The Hall–Kier alpha value is -3.27. The van der Waals surface area contributed by atoms with Crippen molar-refractivity contribution in [2.24, 2.45) is 0 Å². The van der Waals surface area contributed by atoms with Crippen LogP contribution in [0.3, 0.4) is 0 Å². The Morgan fingerprint density at radius 3 is 2.12 bits per heavy atom. The zero-order chi connectivity index (χ0) is 16.4. The molecule has 0 saturated carbocycles. The third kappa shape index (κ3) is 2.94. The molecule has 0 aliphatic rings. The van der Waals surface area contributed by atoms with Gasteiger partial charge in [-0.05, 0) is 41.8 Å². The molecule has 0 radical (unpaired) electrons. The highest BCUT2D eigenvalue weighted by Crippen LogP contribution is 2.27. The third-order valence-corrected chi connectivity index (χ3v) is 4.03. The lowest BCUT2D eigenvalue weighted by Gasteiger charge is -2.13. The number of benzene rings is 3. The van der Waals surface area contributed by atoms with E-state index in [4.69, 9.17) is 0 Å². The number of para-hydroxylation sites is 1. The maximum Gasteiger partial charge on any atom is 0.323 e. The van der Waals surface area contributed by atoms with E-state index in [0.717, 1.165) is 34.4 Å². The molecule has 4 heteroatoms. The fourth-order valence-electron chi connectivity index (χ4n) is 2.88. The van der Waals surface area contributed by atoms with Crippen LogP contribution in [0.1, 0.15) is 11.1 Å². The predicted molar refractivity (Wildman–Crippen MR) is 97.9 cm³/mol. The van der Waals surface area contributed by atoms with E-state index in [9.17, 15) is 4.79 Å². The average Bonchev–Trinajstić information content (AvgIpc) is 2.96. The van der Waals surface area contributed by atoms with Crippen molar-refractivity contribution in [1.29, 1.82) is 0 Å². The summed E-state index contributed by atoms with van der Waals surface area (Å²) in [4.78, 5) is 17.3. The van der Waals surface area contributed by atoms with Crippen LogP contribution in [0.5, 0.6) is 0 Å². The second kappa shape index (κ2) is 6.08. The monoisotopic (exact) mass is 315 g/mol. The molecule has 0 bridgehead atoms. The van der Waals surface area contributed by atoms with Crippen molar-refractivity contribution < 1.29 is 0 Å². The number of hydrogen-bond acceptors (Lipinski definition) is 2. The van der Waals surface area contributed by atoms with Crippen molar-refractivity contribution in [3.05, 3.63) is 94.4 Å². The molecule has 118 valence electrons. The highest BCUT2D eigenvalue weighted by molar-refractivity contribution is 5.82. The lowest BCUT2D eigenvalue weighted by molar-refractivity contribution is 1.19. The van der Waals surface area contributed by atoms with Gasteiger partial charge < -0.3 is 15.3 Å². The number of anilines is 2. The number of aromatic nitrogens is 2. The van der Waals surface area contributed by atoms with Crippen LogP contribution in [-0.2, 0) is 6.42 Å². The Morgan fingerprint density at radius 1 is 0.792 bits per heavy atom. The van der Waals surface area contributed by atoms with Crippen molar-refractivity contribution in [2.75, 3.05) is 5.32 Å². The van der Waals surface area contributed by atoms with Crippen LogP contribution >= 0.6 is 0 Å². The smallest absolute Gasteiger partial charge is 0.323 e. The molecule has 4 rings (SSSR count). The van der Waals surface area contributed by atoms with Crippen LogP contribution in [0.4, 0.5) is 11.4 Å². The van der Waals surface area contributed by atoms with Gasteiger partial charge in [0.25, 0.3) is 0 Å². The van der Waals surface area contributed by atoms with E-state index in [1.807, 2.05) is 60.7 Å². The first kappa shape index (κ1) is 14.3. The molecular formula is C20H17N3O. The van der Waals surface area contributed by atoms with Crippen LogP contribution in [0.2, 0.25) is 0 Å². The first-order chi connectivity index (χ1) is 11.8. The summed E-state index contributed by atoms with van der Waals surface area (Å²) >= 11 is 0. The normalized spacial score (nSPS) is 10.8. The van der Waals surface area contributed by atoms with Crippen molar-refractivity contribution in [1.82, 2.24) is 9.97 Å². The zero-order valence-electron chi connectivity index (χ0n) is 13.0. The highest BCUT2D eigenvalue weighted by atomic mass is 16.1. The minimum atomic E-state index is -0.187. The average molecular weight is 315 g/mol. The summed E-state index contributed by atoms with van der Waals surface area (Å²) in [5.41, 5.74) is 5.81. The number of nitrogens with one attached hydrogen (secondary N) is 3. The fourth-order valence-corrected chi connectivity index (χ4v) is 2.88. The predicted octanol–water partition coefficient (Wildman–Crippen LogP) is 4.19. The van der Waals surface area contributed by atoms with Crippen LogP contribution in [0.25, 0.3) is 11.0 Å². The van der Waals surface area contributed by atoms with Gasteiger partial charge in [0.05, 0.1) is 11.0 Å². The number of imidazole rings is 1. The summed E-state index contributed by atoms with van der Waals surface area (Å²) in [6.45, 7) is 0. The highest BCUT2D eigenvalue weighted by Gasteiger charge is 2.09. The van der Waals surface area contributed by atoms with Gasteiger partial charge in [-0.3, -0.25) is 0 Å². The molecule has 3 aromatic carbocycles. The van der Waals surface area contributed by atoms with Gasteiger partial charge in [-0.1, -0.05) is 48.5 Å². The molecule has 0 unspecified atom stereocenters. The summed E-state index contributed by atoms with van der Waals surface area (Å²) in [6, 6.07) is 24.4. The number of hydrogen-bond donors (Lipinski definition) is 3. The minimum Gasteiger partial charge on any atom is -0.355 e. The molecule has 0 atom stereocenters. The van der Waals surface area contributed by atoms with Crippen LogP contribution in [0, 0.1) is 0 Å².